The Bertz CT molecular complexity index is 717. The Hall–Kier alpha value is -1.41. The number of rotatable bonds is 5. The molecule has 2 aromatic carbocycles. The van der Waals surface area contributed by atoms with E-state index in [1.807, 2.05) is 36.4 Å². The standard InChI is InChI=1S/C21H25NO4S/c1-23-21-17(22)19(27-13-14-8-4-2-5-9-14)18-16(25-21)12-24-20(26-18)15-10-6-3-7-11-15/h2-11,16-21H,12-13,22H2,1H3. The van der Waals surface area contributed by atoms with Gasteiger partial charge in [-0.1, -0.05) is 60.7 Å². The van der Waals surface area contributed by atoms with Gasteiger partial charge in [-0.15, -0.1) is 11.8 Å². The van der Waals surface area contributed by atoms with E-state index >= 15 is 0 Å². The summed E-state index contributed by atoms with van der Waals surface area (Å²) < 4.78 is 23.7. The van der Waals surface area contributed by atoms with E-state index < -0.39 is 12.6 Å². The number of benzene rings is 2. The summed E-state index contributed by atoms with van der Waals surface area (Å²) in [5.74, 6) is 0.860. The molecule has 6 heteroatoms. The largest absolute Gasteiger partial charge is 0.354 e. The normalized spacial score (nSPS) is 33.4. The van der Waals surface area contributed by atoms with Crippen LogP contribution in [0.15, 0.2) is 60.7 Å². The molecular formula is C21H25NO4S. The number of hydrogen-bond donors (Lipinski definition) is 1. The Morgan fingerprint density at radius 3 is 2.44 bits per heavy atom. The van der Waals surface area contributed by atoms with Crippen LogP contribution in [0.3, 0.4) is 0 Å². The lowest BCUT2D eigenvalue weighted by Crippen LogP contribution is -2.63. The van der Waals surface area contributed by atoms with Crippen molar-refractivity contribution in [1.29, 1.82) is 0 Å². The predicted molar refractivity (Wildman–Crippen MR) is 105 cm³/mol. The smallest absolute Gasteiger partial charge is 0.184 e. The molecule has 2 aliphatic rings. The maximum absolute atomic E-state index is 6.50. The van der Waals surface area contributed by atoms with Gasteiger partial charge < -0.3 is 24.7 Å². The highest BCUT2D eigenvalue weighted by Gasteiger charge is 2.48. The van der Waals surface area contributed by atoms with Crippen LogP contribution in [0.5, 0.6) is 0 Å². The van der Waals surface area contributed by atoms with Crippen LogP contribution >= 0.6 is 11.8 Å². The molecule has 0 spiro atoms. The van der Waals surface area contributed by atoms with E-state index in [0.29, 0.717) is 6.61 Å². The van der Waals surface area contributed by atoms with Gasteiger partial charge in [-0.3, -0.25) is 0 Å². The highest BCUT2D eigenvalue weighted by Crippen LogP contribution is 2.39. The number of fused-ring (bicyclic) bond motifs is 1. The first kappa shape index (κ1) is 18.9. The van der Waals surface area contributed by atoms with Crippen LogP contribution in [0, 0.1) is 0 Å². The monoisotopic (exact) mass is 387 g/mol. The topological polar surface area (TPSA) is 62.9 Å². The summed E-state index contributed by atoms with van der Waals surface area (Å²) >= 11 is 1.80. The Morgan fingerprint density at radius 1 is 1.04 bits per heavy atom. The minimum Gasteiger partial charge on any atom is -0.354 e. The van der Waals surface area contributed by atoms with Crippen LogP contribution in [0.4, 0.5) is 0 Å². The van der Waals surface area contributed by atoms with Crippen LogP contribution in [0.2, 0.25) is 0 Å². The summed E-state index contributed by atoms with van der Waals surface area (Å²) in [5, 5.41) is 0.0454. The van der Waals surface area contributed by atoms with Crippen molar-refractivity contribution in [2.75, 3.05) is 13.7 Å². The third-order valence-electron chi connectivity index (χ3n) is 4.97. The Balaban J connectivity index is 1.51. The molecule has 2 aromatic rings. The van der Waals surface area contributed by atoms with Crippen LogP contribution in [-0.4, -0.2) is 43.5 Å². The molecule has 0 aromatic heterocycles. The van der Waals surface area contributed by atoms with Gasteiger partial charge in [0.05, 0.1) is 17.9 Å². The van der Waals surface area contributed by atoms with Crippen molar-refractivity contribution in [2.45, 2.75) is 41.8 Å². The summed E-state index contributed by atoms with van der Waals surface area (Å²) in [6.45, 7) is 0.458. The highest BCUT2D eigenvalue weighted by molar-refractivity contribution is 7.99. The molecule has 6 atom stereocenters. The van der Waals surface area contributed by atoms with E-state index in [4.69, 9.17) is 24.7 Å². The van der Waals surface area contributed by atoms with E-state index in [0.717, 1.165) is 11.3 Å². The van der Waals surface area contributed by atoms with Crippen LogP contribution in [0.25, 0.3) is 0 Å². The van der Waals surface area contributed by atoms with Gasteiger partial charge in [0.1, 0.15) is 12.2 Å². The van der Waals surface area contributed by atoms with Crippen molar-refractivity contribution in [3.8, 4) is 0 Å². The van der Waals surface area contributed by atoms with E-state index in [1.165, 1.54) is 5.56 Å². The van der Waals surface area contributed by atoms with E-state index in [-0.39, 0.29) is 23.5 Å². The first-order chi connectivity index (χ1) is 13.3. The Labute approximate surface area is 164 Å². The lowest BCUT2D eigenvalue weighted by molar-refractivity contribution is -0.314. The first-order valence-electron chi connectivity index (χ1n) is 9.17. The molecule has 5 nitrogen and oxygen atoms in total. The highest BCUT2D eigenvalue weighted by atomic mass is 32.2. The zero-order chi connectivity index (χ0) is 18.6. The van der Waals surface area contributed by atoms with Crippen molar-refractivity contribution in [3.63, 3.8) is 0 Å². The average molecular weight is 388 g/mol. The van der Waals surface area contributed by atoms with Gasteiger partial charge in [0.15, 0.2) is 12.6 Å². The first-order valence-corrected chi connectivity index (χ1v) is 10.2. The summed E-state index contributed by atoms with van der Waals surface area (Å²) in [6.07, 6.45) is -1.20. The lowest BCUT2D eigenvalue weighted by atomic mass is 9.99. The molecule has 6 unspecified atom stereocenters. The summed E-state index contributed by atoms with van der Waals surface area (Å²) in [6, 6.07) is 20.1. The summed E-state index contributed by atoms with van der Waals surface area (Å²) in [5.41, 5.74) is 8.76. The molecule has 0 radical (unpaired) electrons. The molecule has 144 valence electrons. The quantitative estimate of drug-likeness (QED) is 0.851. The van der Waals surface area contributed by atoms with Gasteiger partial charge in [-0.25, -0.2) is 0 Å². The van der Waals surface area contributed by atoms with E-state index in [9.17, 15) is 0 Å². The number of ether oxygens (including phenoxy) is 4. The van der Waals surface area contributed by atoms with Gasteiger partial charge in [0.2, 0.25) is 0 Å². The maximum Gasteiger partial charge on any atom is 0.184 e. The molecule has 27 heavy (non-hydrogen) atoms. The van der Waals surface area contributed by atoms with Gasteiger partial charge >= 0.3 is 0 Å². The maximum atomic E-state index is 6.50. The van der Waals surface area contributed by atoms with Crippen LogP contribution in [-0.2, 0) is 24.7 Å². The van der Waals surface area contributed by atoms with Crippen LogP contribution in [0.1, 0.15) is 17.4 Å². The number of hydrogen-bond acceptors (Lipinski definition) is 6. The predicted octanol–water partition coefficient (Wildman–Crippen LogP) is 3.10. The number of thioether (sulfide) groups is 1. The molecule has 2 aliphatic heterocycles. The number of methoxy groups -OCH3 is 1. The van der Waals surface area contributed by atoms with E-state index in [1.54, 1.807) is 18.9 Å². The van der Waals surface area contributed by atoms with Crippen LogP contribution < -0.4 is 5.73 Å². The van der Waals surface area contributed by atoms with Crippen molar-refractivity contribution in [1.82, 2.24) is 0 Å². The van der Waals surface area contributed by atoms with Crippen molar-refractivity contribution in [2.24, 2.45) is 5.73 Å². The second kappa shape index (κ2) is 8.73. The van der Waals surface area contributed by atoms with Gasteiger partial charge in [0, 0.05) is 18.4 Å². The second-order valence-electron chi connectivity index (χ2n) is 6.79. The summed E-state index contributed by atoms with van der Waals surface area (Å²) in [7, 11) is 1.63. The molecular weight excluding hydrogens is 362 g/mol. The molecule has 0 bridgehead atoms. The minimum absolute atomic E-state index is 0.0454. The minimum atomic E-state index is -0.458. The van der Waals surface area contributed by atoms with Crippen molar-refractivity contribution in [3.05, 3.63) is 71.8 Å². The molecule has 0 amide bonds. The van der Waals surface area contributed by atoms with Crippen molar-refractivity contribution >= 4 is 11.8 Å². The number of nitrogens with two attached hydrogens (primary N) is 1. The molecule has 2 heterocycles. The zero-order valence-electron chi connectivity index (χ0n) is 15.3. The van der Waals surface area contributed by atoms with E-state index in [2.05, 4.69) is 24.3 Å². The van der Waals surface area contributed by atoms with Gasteiger partial charge in [0.25, 0.3) is 0 Å². The fourth-order valence-electron chi connectivity index (χ4n) is 3.56. The molecule has 0 aliphatic carbocycles. The fraction of sp³-hybridized carbons (Fsp3) is 0.429. The molecule has 4 rings (SSSR count). The third kappa shape index (κ3) is 4.21. The SMILES string of the molecule is COC1OC2COC(c3ccccc3)OC2C(SCc2ccccc2)C1N. The fourth-order valence-corrected chi connectivity index (χ4v) is 4.92. The zero-order valence-corrected chi connectivity index (χ0v) is 16.1. The average Bonchev–Trinajstić information content (AvgIpc) is 2.74. The molecule has 0 saturated carbocycles. The molecule has 2 N–H and O–H groups in total. The molecule has 2 fully saturated rings. The molecule has 2 saturated heterocycles. The third-order valence-corrected chi connectivity index (χ3v) is 6.44. The van der Waals surface area contributed by atoms with Gasteiger partial charge in [-0.05, 0) is 5.56 Å². The van der Waals surface area contributed by atoms with Gasteiger partial charge in [-0.2, -0.15) is 0 Å². The lowest BCUT2D eigenvalue weighted by Gasteiger charge is -2.48. The Kier molecular flexibility index (Phi) is 6.12. The van der Waals surface area contributed by atoms with Crippen molar-refractivity contribution < 1.29 is 18.9 Å². The Morgan fingerprint density at radius 2 is 1.74 bits per heavy atom. The summed E-state index contributed by atoms with van der Waals surface area (Å²) in [4.78, 5) is 0. The second-order valence-corrected chi connectivity index (χ2v) is 7.96.